The minimum absolute atomic E-state index is 0.247. The number of hydrogen-bond donors (Lipinski definition) is 2. The summed E-state index contributed by atoms with van der Waals surface area (Å²) in [4.78, 5) is 21.5. The predicted octanol–water partition coefficient (Wildman–Crippen LogP) is 0.583. The molecule has 1 aromatic carbocycles. The van der Waals surface area contributed by atoms with Gasteiger partial charge >= 0.3 is 5.97 Å². The third-order valence-corrected chi connectivity index (χ3v) is 2.45. The zero-order valence-electron chi connectivity index (χ0n) is 10.0. The van der Waals surface area contributed by atoms with Crippen molar-refractivity contribution < 1.29 is 24.2 Å². The van der Waals surface area contributed by atoms with Gasteiger partial charge in [-0.25, -0.2) is 4.79 Å². The van der Waals surface area contributed by atoms with Crippen molar-refractivity contribution in [3.8, 4) is 11.5 Å². The number of amides is 1. The van der Waals surface area contributed by atoms with Gasteiger partial charge in [0.25, 0.3) is 0 Å². The maximum Gasteiger partial charge on any atom is 0.328 e. The Morgan fingerprint density at radius 2 is 2.05 bits per heavy atom. The number of hydrogen-bond acceptors (Lipinski definition) is 4. The molecule has 0 radical (unpaired) electrons. The molecule has 6 heteroatoms. The van der Waals surface area contributed by atoms with Crippen LogP contribution in [0.5, 0.6) is 11.5 Å². The third kappa shape index (κ3) is 3.74. The van der Waals surface area contributed by atoms with E-state index in [1.807, 2.05) is 12.1 Å². The lowest BCUT2D eigenvalue weighted by atomic mass is 10.2. The van der Waals surface area contributed by atoms with Gasteiger partial charge in [0.2, 0.25) is 5.91 Å². The molecule has 2 rings (SSSR count). The number of aliphatic carboxylic acids is 1. The quantitative estimate of drug-likeness (QED) is 0.776. The number of carboxylic acids is 1. The Morgan fingerprint density at radius 1 is 1.32 bits per heavy atom. The van der Waals surface area contributed by atoms with Gasteiger partial charge in [-0.2, -0.15) is 0 Å². The minimum Gasteiger partial charge on any atom is -0.486 e. The van der Waals surface area contributed by atoms with E-state index in [4.69, 9.17) is 14.6 Å². The summed E-state index contributed by atoms with van der Waals surface area (Å²) in [5, 5.41) is 10.9. The lowest BCUT2D eigenvalue weighted by Gasteiger charge is -2.26. The SMILES string of the molecule is O=C(O)/C=C\C(=O)NC[C@@H]1COc2ccccc2O1. The fourth-order valence-corrected chi connectivity index (χ4v) is 1.58. The third-order valence-electron chi connectivity index (χ3n) is 2.45. The summed E-state index contributed by atoms with van der Waals surface area (Å²) in [6.07, 6.45) is 1.44. The monoisotopic (exact) mass is 263 g/mol. The molecule has 2 N–H and O–H groups in total. The summed E-state index contributed by atoms with van der Waals surface area (Å²) < 4.78 is 11.1. The lowest BCUT2D eigenvalue weighted by Crippen LogP contribution is -2.40. The Morgan fingerprint density at radius 3 is 2.79 bits per heavy atom. The molecule has 1 aliphatic rings. The van der Waals surface area contributed by atoms with Crippen LogP contribution < -0.4 is 14.8 Å². The average Bonchev–Trinajstić information content (AvgIpc) is 2.42. The van der Waals surface area contributed by atoms with Gasteiger partial charge in [-0.3, -0.25) is 4.79 Å². The Hall–Kier alpha value is -2.50. The summed E-state index contributed by atoms with van der Waals surface area (Å²) in [6.45, 7) is 0.580. The van der Waals surface area contributed by atoms with Crippen LogP contribution >= 0.6 is 0 Å². The summed E-state index contributed by atoms with van der Waals surface area (Å²) in [7, 11) is 0. The lowest BCUT2D eigenvalue weighted by molar-refractivity contribution is -0.131. The van der Waals surface area contributed by atoms with Gasteiger partial charge in [-0.1, -0.05) is 12.1 Å². The summed E-state index contributed by atoms with van der Waals surface area (Å²) in [6, 6.07) is 7.27. The highest BCUT2D eigenvalue weighted by Crippen LogP contribution is 2.30. The number of carbonyl (C=O) groups is 2. The van der Waals surface area contributed by atoms with E-state index in [1.54, 1.807) is 12.1 Å². The highest BCUT2D eigenvalue weighted by atomic mass is 16.6. The van der Waals surface area contributed by atoms with E-state index in [0.29, 0.717) is 18.1 Å². The van der Waals surface area contributed by atoms with Crippen LogP contribution in [-0.4, -0.2) is 36.2 Å². The molecule has 6 nitrogen and oxygen atoms in total. The van der Waals surface area contributed by atoms with E-state index < -0.39 is 11.9 Å². The maximum atomic E-state index is 11.3. The Labute approximate surface area is 109 Å². The van der Waals surface area contributed by atoms with Crippen molar-refractivity contribution in [3.05, 3.63) is 36.4 Å². The van der Waals surface area contributed by atoms with Crippen molar-refractivity contribution in [1.29, 1.82) is 0 Å². The number of ether oxygens (including phenoxy) is 2. The summed E-state index contributed by atoms with van der Waals surface area (Å²) in [5.41, 5.74) is 0. The summed E-state index contributed by atoms with van der Waals surface area (Å²) in [5.74, 6) is -0.337. The molecule has 0 aromatic heterocycles. The van der Waals surface area contributed by atoms with Gasteiger partial charge in [-0.05, 0) is 12.1 Å². The second kappa shape index (κ2) is 5.90. The van der Waals surface area contributed by atoms with Gasteiger partial charge < -0.3 is 19.9 Å². The maximum absolute atomic E-state index is 11.3. The van der Waals surface area contributed by atoms with Crippen LogP contribution in [0.3, 0.4) is 0 Å². The molecule has 100 valence electrons. The first kappa shape index (κ1) is 12.9. The van der Waals surface area contributed by atoms with Gasteiger partial charge in [0.05, 0.1) is 6.54 Å². The molecule has 0 fully saturated rings. The van der Waals surface area contributed by atoms with Crippen LogP contribution in [-0.2, 0) is 9.59 Å². The molecule has 1 atom stereocenters. The van der Waals surface area contributed by atoms with Gasteiger partial charge in [0.1, 0.15) is 12.7 Å². The van der Waals surface area contributed by atoms with Gasteiger partial charge in [0.15, 0.2) is 11.5 Å². The van der Waals surface area contributed by atoms with Crippen molar-refractivity contribution in [2.45, 2.75) is 6.10 Å². The number of carbonyl (C=O) groups excluding carboxylic acids is 1. The molecule has 1 heterocycles. The van der Waals surface area contributed by atoms with E-state index in [-0.39, 0.29) is 12.6 Å². The van der Waals surface area contributed by atoms with Crippen molar-refractivity contribution >= 4 is 11.9 Å². The molecule has 0 bridgehead atoms. The number of rotatable bonds is 4. The Balaban J connectivity index is 1.83. The van der Waals surface area contributed by atoms with E-state index >= 15 is 0 Å². The molecular weight excluding hydrogens is 250 g/mol. The van der Waals surface area contributed by atoms with Crippen LogP contribution in [0.2, 0.25) is 0 Å². The first-order chi connectivity index (χ1) is 9.15. The minimum atomic E-state index is -1.17. The smallest absolute Gasteiger partial charge is 0.328 e. The molecular formula is C13H13NO5. The second-order valence-corrected chi connectivity index (χ2v) is 3.91. The molecule has 0 unspecified atom stereocenters. The fourth-order valence-electron chi connectivity index (χ4n) is 1.58. The number of nitrogens with one attached hydrogen (secondary N) is 1. The second-order valence-electron chi connectivity index (χ2n) is 3.91. The average molecular weight is 263 g/mol. The van der Waals surface area contributed by atoms with Crippen LogP contribution in [0.15, 0.2) is 36.4 Å². The van der Waals surface area contributed by atoms with Crippen molar-refractivity contribution in [3.63, 3.8) is 0 Å². The molecule has 1 aromatic rings. The zero-order valence-corrected chi connectivity index (χ0v) is 10.0. The van der Waals surface area contributed by atoms with Crippen LogP contribution in [0.25, 0.3) is 0 Å². The molecule has 0 saturated carbocycles. The fraction of sp³-hybridized carbons (Fsp3) is 0.231. The topological polar surface area (TPSA) is 84.9 Å². The van der Waals surface area contributed by atoms with Crippen LogP contribution in [0, 0.1) is 0 Å². The number of carboxylic acid groups (broad SMARTS) is 1. The summed E-state index contributed by atoms with van der Waals surface area (Å²) >= 11 is 0. The number of benzene rings is 1. The zero-order chi connectivity index (χ0) is 13.7. The first-order valence-corrected chi connectivity index (χ1v) is 5.72. The molecule has 0 saturated heterocycles. The van der Waals surface area contributed by atoms with E-state index in [2.05, 4.69) is 5.32 Å². The van der Waals surface area contributed by atoms with E-state index in [1.165, 1.54) is 0 Å². The molecule has 1 amide bonds. The molecule has 19 heavy (non-hydrogen) atoms. The normalized spacial score (nSPS) is 17.2. The molecule has 0 spiro atoms. The van der Waals surface area contributed by atoms with Gasteiger partial charge in [0, 0.05) is 12.2 Å². The van der Waals surface area contributed by atoms with Gasteiger partial charge in [-0.15, -0.1) is 0 Å². The standard InChI is InChI=1S/C13H13NO5/c15-12(5-6-13(16)17)14-7-9-8-18-10-3-1-2-4-11(10)19-9/h1-6,9H,7-8H2,(H,14,15)(H,16,17)/b6-5-/t9-/m1/s1. The molecule has 1 aliphatic heterocycles. The van der Waals surface area contributed by atoms with Crippen molar-refractivity contribution in [2.75, 3.05) is 13.2 Å². The Bertz CT molecular complexity index is 512. The highest BCUT2D eigenvalue weighted by molar-refractivity contribution is 5.93. The van der Waals surface area contributed by atoms with Crippen LogP contribution in [0.4, 0.5) is 0 Å². The predicted molar refractivity (Wildman–Crippen MR) is 66.1 cm³/mol. The Kier molecular flexibility index (Phi) is 4.02. The first-order valence-electron chi connectivity index (χ1n) is 5.72. The van der Waals surface area contributed by atoms with Crippen molar-refractivity contribution in [1.82, 2.24) is 5.32 Å². The highest BCUT2D eigenvalue weighted by Gasteiger charge is 2.20. The van der Waals surface area contributed by atoms with Crippen molar-refractivity contribution in [2.24, 2.45) is 0 Å². The van der Waals surface area contributed by atoms with E-state index in [0.717, 1.165) is 12.2 Å². The van der Waals surface area contributed by atoms with E-state index in [9.17, 15) is 9.59 Å². The molecule has 0 aliphatic carbocycles. The van der Waals surface area contributed by atoms with Crippen LogP contribution in [0.1, 0.15) is 0 Å². The number of para-hydroxylation sites is 2. The largest absolute Gasteiger partial charge is 0.486 e. The number of fused-ring (bicyclic) bond motifs is 1.